The maximum atomic E-state index is 4.65. The van der Waals surface area contributed by atoms with Gasteiger partial charge in [0, 0.05) is 4.48 Å². The monoisotopic (exact) mass is 376 g/mol. The SMILES string of the molecule is BrC(/C=N\N(c1ccccc1)c1ccccc1)=C/c1ccccc1. The third kappa shape index (κ3) is 4.43. The Hall–Kier alpha value is -2.65. The fourth-order valence-electron chi connectivity index (χ4n) is 2.28. The molecule has 3 rings (SSSR count). The molecule has 0 fully saturated rings. The minimum atomic E-state index is 0.908. The standard InChI is InChI=1S/C21H17BrN2/c22-19(16-18-10-4-1-5-11-18)17-23-24(20-12-6-2-7-13-20)21-14-8-3-9-15-21/h1-17H/b19-16+,23-17-. The highest BCUT2D eigenvalue weighted by molar-refractivity contribution is 9.12. The van der Waals surface area contributed by atoms with E-state index in [1.54, 1.807) is 0 Å². The van der Waals surface area contributed by atoms with Crippen LogP contribution in [0.15, 0.2) is 101 Å². The first-order valence-electron chi connectivity index (χ1n) is 7.69. The molecule has 0 atom stereocenters. The summed E-state index contributed by atoms with van der Waals surface area (Å²) in [6, 6.07) is 30.4. The van der Waals surface area contributed by atoms with Gasteiger partial charge in [0.05, 0.1) is 17.6 Å². The summed E-state index contributed by atoms with van der Waals surface area (Å²) in [4.78, 5) is 0. The lowest BCUT2D eigenvalue weighted by molar-refractivity contribution is 1.09. The molecule has 0 aromatic heterocycles. The maximum absolute atomic E-state index is 4.65. The molecule has 3 aromatic rings. The number of benzene rings is 3. The van der Waals surface area contributed by atoms with Crippen LogP contribution in [-0.2, 0) is 0 Å². The van der Waals surface area contributed by atoms with Crippen LogP contribution in [0.5, 0.6) is 0 Å². The van der Waals surface area contributed by atoms with Crippen LogP contribution in [0, 0.1) is 0 Å². The zero-order valence-electron chi connectivity index (χ0n) is 13.1. The first-order chi connectivity index (χ1) is 11.8. The van der Waals surface area contributed by atoms with E-state index in [-0.39, 0.29) is 0 Å². The molecule has 0 radical (unpaired) electrons. The Morgan fingerprint density at radius 1 is 0.708 bits per heavy atom. The third-order valence-corrected chi connectivity index (χ3v) is 3.84. The molecule has 2 nitrogen and oxygen atoms in total. The van der Waals surface area contributed by atoms with Crippen LogP contribution in [0.3, 0.4) is 0 Å². The first-order valence-corrected chi connectivity index (χ1v) is 8.49. The van der Waals surface area contributed by atoms with Crippen molar-refractivity contribution in [3.63, 3.8) is 0 Å². The van der Waals surface area contributed by atoms with Crippen molar-refractivity contribution in [2.45, 2.75) is 0 Å². The highest BCUT2D eigenvalue weighted by Gasteiger charge is 2.06. The van der Waals surface area contributed by atoms with E-state index in [0.717, 1.165) is 21.4 Å². The summed E-state index contributed by atoms with van der Waals surface area (Å²) < 4.78 is 0.908. The van der Waals surface area contributed by atoms with Crippen molar-refractivity contribution in [1.82, 2.24) is 0 Å². The maximum Gasteiger partial charge on any atom is 0.0652 e. The average Bonchev–Trinajstić information content (AvgIpc) is 2.64. The van der Waals surface area contributed by atoms with Crippen molar-refractivity contribution in [3.8, 4) is 0 Å². The van der Waals surface area contributed by atoms with Gasteiger partial charge in [-0.05, 0) is 51.8 Å². The van der Waals surface area contributed by atoms with Gasteiger partial charge in [-0.15, -0.1) is 0 Å². The van der Waals surface area contributed by atoms with Crippen molar-refractivity contribution >= 4 is 39.6 Å². The Morgan fingerprint density at radius 2 is 1.17 bits per heavy atom. The molecule has 0 aliphatic carbocycles. The molecule has 0 aliphatic heterocycles. The Bertz CT molecular complexity index is 773. The van der Waals surface area contributed by atoms with E-state index in [1.165, 1.54) is 0 Å². The molecule has 0 aliphatic rings. The van der Waals surface area contributed by atoms with Gasteiger partial charge in [0.2, 0.25) is 0 Å². The van der Waals surface area contributed by atoms with Crippen LogP contribution in [0.1, 0.15) is 5.56 Å². The summed E-state index contributed by atoms with van der Waals surface area (Å²) in [5.41, 5.74) is 3.15. The number of anilines is 2. The molecule has 0 unspecified atom stereocenters. The van der Waals surface area contributed by atoms with Gasteiger partial charge in [-0.25, -0.2) is 5.01 Å². The lowest BCUT2D eigenvalue weighted by atomic mass is 10.2. The molecule has 0 amide bonds. The molecule has 3 aromatic carbocycles. The molecular weight excluding hydrogens is 360 g/mol. The second kappa shape index (κ2) is 8.27. The third-order valence-electron chi connectivity index (χ3n) is 3.40. The Kier molecular flexibility index (Phi) is 5.59. The summed E-state index contributed by atoms with van der Waals surface area (Å²) in [5, 5.41) is 6.57. The summed E-state index contributed by atoms with van der Waals surface area (Å²) in [6.07, 6.45) is 3.85. The van der Waals surface area contributed by atoms with Crippen LogP contribution in [0.2, 0.25) is 0 Å². The predicted octanol–water partition coefficient (Wildman–Crippen LogP) is 6.25. The topological polar surface area (TPSA) is 15.6 Å². The van der Waals surface area contributed by atoms with Gasteiger partial charge in [-0.3, -0.25) is 0 Å². The quantitative estimate of drug-likeness (QED) is 0.379. The van der Waals surface area contributed by atoms with Gasteiger partial charge in [0.25, 0.3) is 0 Å². The Labute approximate surface area is 150 Å². The highest BCUT2D eigenvalue weighted by Crippen LogP contribution is 2.25. The van der Waals surface area contributed by atoms with Gasteiger partial charge < -0.3 is 0 Å². The minimum absolute atomic E-state index is 0.908. The van der Waals surface area contributed by atoms with Gasteiger partial charge in [0.15, 0.2) is 0 Å². The molecule has 24 heavy (non-hydrogen) atoms. The number of halogens is 1. The predicted molar refractivity (Wildman–Crippen MR) is 107 cm³/mol. The molecule has 0 spiro atoms. The zero-order valence-corrected chi connectivity index (χ0v) is 14.7. The van der Waals surface area contributed by atoms with E-state index >= 15 is 0 Å². The fourth-order valence-corrected chi connectivity index (χ4v) is 2.64. The number of hydrogen-bond acceptors (Lipinski definition) is 2. The van der Waals surface area contributed by atoms with E-state index in [2.05, 4.69) is 33.2 Å². The summed E-state index contributed by atoms with van der Waals surface area (Å²) in [7, 11) is 0. The van der Waals surface area contributed by atoms with E-state index < -0.39 is 0 Å². The smallest absolute Gasteiger partial charge is 0.0652 e. The fraction of sp³-hybridized carbons (Fsp3) is 0. The van der Waals surface area contributed by atoms with Crippen LogP contribution >= 0.6 is 15.9 Å². The average molecular weight is 377 g/mol. The number of rotatable bonds is 5. The summed E-state index contributed by atoms with van der Waals surface area (Å²) in [5.74, 6) is 0. The number of nitrogens with zero attached hydrogens (tertiary/aromatic N) is 2. The Balaban J connectivity index is 1.88. The van der Waals surface area contributed by atoms with Crippen molar-refractivity contribution < 1.29 is 0 Å². The Morgan fingerprint density at radius 3 is 1.67 bits per heavy atom. The molecule has 0 N–H and O–H groups in total. The van der Waals surface area contributed by atoms with Crippen molar-refractivity contribution in [2.75, 3.05) is 5.01 Å². The summed E-state index contributed by atoms with van der Waals surface area (Å²) >= 11 is 3.57. The molecule has 0 saturated heterocycles. The van der Waals surface area contributed by atoms with Crippen molar-refractivity contribution in [2.24, 2.45) is 5.10 Å². The highest BCUT2D eigenvalue weighted by atomic mass is 79.9. The molecule has 0 bridgehead atoms. The number of hydrazone groups is 1. The minimum Gasteiger partial charge on any atom is -0.234 e. The van der Waals surface area contributed by atoms with Gasteiger partial charge in [-0.2, -0.15) is 5.10 Å². The van der Waals surface area contributed by atoms with Crippen molar-refractivity contribution in [3.05, 3.63) is 101 Å². The molecular formula is C21H17BrN2. The van der Waals surface area contributed by atoms with Gasteiger partial charge in [-0.1, -0.05) is 66.7 Å². The lowest BCUT2D eigenvalue weighted by Gasteiger charge is -2.19. The van der Waals surface area contributed by atoms with Crippen molar-refractivity contribution in [1.29, 1.82) is 0 Å². The first kappa shape index (κ1) is 16.2. The van der Waals surface area contributed by atoms with Crippen LogP contribution in [-0.4, -0.2) is 6.21 Å². The molecule has 0 saturated carbocycles. The second-order valence-electron chi connectivity index (χ2n) is 5.17. The number of para-hydroxylation sites is 2. The van der Waals surface area contributed by atoms with Crippen LogP contribution in [0.4, 0.5) is 11.4 Å². The van der Waals surface area contributed by atoms with Crippen LogP contribution < -0.4 is 5.01 Å². The molecule has 3 heteroatoms. The van der Waals surface area contributed by atoms with E-state index in [0.29, 0.717) is 0 Å². The number of allylic oxidation sites excluding steroid dienone is 1. The van der Waals surface area contributed by atoms with Gasteiger partial charge in [0.1, 0.15) is 0 Å². The largest absolute Gasteiger partial charge is 0.234 e. The zero-order chi connectivity index (χ0) is 16.6. The molecule has 118 valence electrons. The summed E-state index contributed by atoms with van der Waals surface area (Å²) in [6.45, 7) is 0. The second-order valence-corrected chi connectivity index (χ2v) is 6.08. The van der Waals surface area contributed by atoms with E-state index in [9.17, 15) is 0 Å². The van der Waals surface area contributed by atoms with E-state index in [4.69, 9.17) is 0 Å². The normalized spacial score (nSPS) is 11.6. The number of hydrogen-bond donors (Lipinski definition) is 0. The molecule has 0 heterocycles. The van der Waals surface area contributed by atoms with Crippen LogP contribution in [0.25, 0.3) is 6.08 Å². The van der Waals surface area contributed by atoms with E-state index in [1.807, 2.05) is 96.2 Å². The lowest BCUT2D eigenvalue weighted by Crippen LogP contribution is -2.08. The van der Waals surface area contributed by atoms with Gasteiger partial charge >= 0.3 is 0 Å².